The molecular weight excluding hydrogens is 422 g/mol. The first-order valence-corrected chi connectivity index (χ1v) is 12.0. The van der Waals surface area contributed by atoms with Crippen LogP contribution in [0.4, 0.5) is 17.1 Å². The minimum Gasteiger partial charge on any atom is -0.310 e. The highest BCUT2D eigenvalue weighted by molar-refractivity contribution is 5.88. The molecule has 0 N–H and O–H groups in total. The fourth-order valence-corrected chi connectivity index (χ4v) is 4.42. The third-order valence-corrected chi connectivity index (χ3v) is 6.38. The van der Waals surface area contributed by atoms with Gasteiger partial charge in [0.2, 0.25) is 0 Å². The first-order valence-electron chi connectivity index (χ1n) is 12.0. The number of hydrogen-bond acceptors (Lipinski definition) is 1. The summed E-state index contributed by atoms with van der Waals surface area (Å²) >= 11 is 0. The van der Waals surface area contributed by atoms with Crippen LogP contribution in [0.25, 0.3) is 28.3 Å². The maximum absolute atomic E-state index is 3.90. The summed E-state index contributed by atoms with van der Waals surface area (Å²) in [5, 5.41) is 0. The fraction of sp³-hybridized carbons (Fsp3) is 0.0588. The Morgan fingerprint density at radius 3 is 1.71 bits per heavy atom. The van der Waals surface area contributed by atoms with Crippen molar-refractivity contribution >= 4 is 23.1 Å². The topological polar surface area (TPSA) is 3.24 Å². The lowest BCUT2D eigenvalue weighted by molar-refractivity contribution is 1.27. The molecule has 170 valence electrons. The van der Waals surface area contributed by atoms with Gasteiger partial charge in [0.05, 0.1) is 5.69 Å². The lowest BCUT2D eigenvalue weighted by Crippen LogP contribution is -2.11. The van der Waals surface area contributed by atoms with Crippen molar-refractivity contribution in [2.45, 2.75) is 13.8 Å². The molecule has 1 heteroatoms. The van der Waals surface area contributed by atoms with Crippen molar-refractivity contribution in [2.75, 3.05) is 4.90 Å². The van der Waals surface area contributed by atoms with Gasteiger partial charge in [-0.2, -0.15) is 0 Å². The van der Waals surface area contributed by atoms with Crippen molar-refractivity contribution in [2.24, 2.45) is 0 Å². The highest BCUT2D eigenvalue weighted by Crippen LogP contribution is 2.41. The van der Waals surface area contributed by atoms with E-state index in [9.17, 15) is 0 Å². The third kappa shape index (κ3) is 4.81. The molecule has 0 fully saturated rings. The van der Waals surface area contributed by atoms with E-state index in [-0.39, 0.29) is 0 Å². The Bertz CT molecular complexity index is 1400. The summed E-state index contributed by atoms with van der Waals surface area (Å²) in [6.45, 7) is 8.15. The van der Waals surface area contributed by atoms with Gasteiger partial charge in [-0.15, -0.1) is 0 Å². The molecule has 0 amide bonds. The predicted octanol–water partition coefficient (Wildman–Crippen LogP) is 9.75. The number of benzene rings is 5. The Labute approximate surface area is 208 Å². The van der Waals surface area contributed by atoms with Crippen LogP contribution in [0, 0.1) is 13.8 Å². The van der Waals surface area contributed by atoms with E-state index in [4.69, 9.17) is 0 Å². The lowest BCUT2D eigenvalue weighted by Gasteiger charge is -2.28. The molecule has 5 aromatic carbocycles. The molecule has 0 spiro atoms. The molecule has 0 aliphatic rings. The van der Waals surface area contributed by atoms with Crippen LogP contribution in [0.2, 0.25) is 0 Å². The average molecular weight is 452 g/mol. The van der Waals surface area contributed by atoms with E-state index < -0.39 is 0 Å². The van der Waals surface area contributed by atoms with Crippen LogP contribution in [0.15, 0.2) is 128 Å². The Kier molecular flexibility index (Phi) is 6.32. The largest absolute Gasteiger partial charge is 0.310 e. The number of para-hydroxylation sites is 1. The zero-order valence-electron chi connectivity index (χ0n) is 20.3. The van der Waals surface area contributed by atoms with Gasteiger partial charge in [-0.1, -0.05) is 109 Å². The monoisotopic (exact) mass is 451 g/mol. The van der Waals surface area contributed by atoms with E-state index in [0.29, 0.717) is 0 Å². The molecule has 0 saturated carbocycles. The van der Waals surface area contributed by atoms with Crippen LogP contribution >= 0.6 is 0 Å². The molecule has 0 aliphatic heterocycles. The summed E-state index contributed by atoms with van der Waals surface area (Å²) in [4.78, 5) is 2.34. The molecule has 0 aliphatic carbocycles. The van der Waals surface area contributed by atoms with Gasteiger partial charge >= 0.3 is 0 Å². The van der Waals surface area contributed by atoms with Gasteiger partial charge in [-0.25, -0.2) is 0 Å². The van der Waals surface area contributed by atoms with E-state index in [0.717, 1.165) is 22.6 Å². The van der Waals surface area contributed by atoms with Crippen molar-refractivity contribution in [3.8, 4) is 22.3 Å². The third-order valence-electron chi connectivity index (χ3n) is 6.38. The average Bonchev–Trinajstić information content (AvgIpc) is 2.91. The summed E-state index contributed by atoms with van der Waals surface area (Å²) < 4.78 is 0. The van der Waals surface area contributed by atoms with E-state index in [1.807, 2.05) is 6.08 Å². The first-order chi connectivity index (χ1) is 17.1. The zero-order chi connectivity index (χ0) is 24.2. The molecule has 1 nitrogen and oxygen atoms in total. The molecule has 0 saturated heterocycles. The number of nitrogens with zero attached hydrogens (tertiary/aromatic N) is 1. The molecule has 0 bridgehead atoms. The van der Waals surface area contributed by atoms with Crippen molar-refractivity contribution in [3.63, 3.8) is 0 Å². The molecule has 0 radical (unpaired) electrons. The normalized spacial score (nSPS) is 10.7. The summed E-state index contributed by atoms with van der Waals surface area (Å²) in [6, 6.07) is 43.4. The van der Waals surface area contributed by atoms with Gasteiger partial charge in [0.25, 0.3) is 0 Å². The second-order valence-electron chi connectivity index (χ2n) is 8.93. The Morgan fingerprint density at radius 1 is 0.543 bits per heavy atom. The van der Waals surface area contributed by atoms with Crippen LogP contribution in [0.5, 0.6) is 0 Å². The van der Waals surface area contributed by atoms with E-state index in [1.165, 1.54) is 33.4 Å². The van der Waals surface area contributed by atoms with Gasteiger partial charge < -0.3 is 4.90 Å². The second-order valence-corrected chi connectivity index (χ2v) is 8.93. The second kappa shape index (κ2) is 9.87. The summed E-state index contributed by atoms with van der Waals surface area (Å²) in [7, 11) is 0. The molecule has 0 atom stereocenters. The first kappa shape index (κ1) is 22.4. The standard InChI is InChI=1S/C34H29N/c1-4-27-8-7-9-30(24-27)28-16-18-29(19-17-28)33-10-5-6-11-34(33)35(31-20-12-25(2)13-21-31)32-22-14-26(3)15-23-32/h4-24H,1H2,2-3H3. The van der Waals surface area contributed by atoms with Crippen molar-refractivity contribution < 1.29 is 0 Å². The molecule has 0 heterocycles. The molecule has 0 aromatic heterocycles. The molecule has 5 aromatic rings. The van der Waals surface area contributed by atoms with Crippen molar-refractivity contribution in [1.82, 2.24) is 0 Å². The number of hydrogen-bond donors (Lipinski definition) is 0. The molecule has 0 unspecified atom stereocenters. The Morgan fingerprint density at radius 2 is 1.11 bits per heavy atom. The highest BCUT2D eigenvalue weighted by Gasteiger charge is 2.16. The fourth-order valence-electron chi connectivity index (χ4n) is 4.42. The summed E-state index contributed by atoms with van der Waals surface area (Å²) in [6.07, 6.45) is 1.89. The van der Waals surface area contributed by atoms with Crippen LogP contribution in [0.1, 0.15) is 16.7 Å². The van der Waals surface area contributed by atoms with Crippen LogP contribution in [-0.2, 0) is 0 Å². The van der Waals surface area contributed by atoms with Crippen molar-refractivity contribution in [1.29, 1.82) is 0 Å². The predicted molar refractivity (Wildman–Crippen MR) is 152 cm³/mol. The quantitative estimate of drug-likeness (QED) is 0.248. The highest BCUT2D eigenvalue weighted by atomic mass is 15.1. The molecule has 5 rings (SSSR count). The molecule has 35 heavy (non-hydrogen) atoms. The lowest BCUT2D eigenvalue weighted by atomic mass is 9.97. The van der Waals surface area contributed by atoms with Gasteiger partial charge in [0.15, 0.2) is 0 Å². The summed E-state index contributed by atoms with van der Waals surface area (Å²) in [5.74, 6) is 0. The Hall–Kier alpha value is -4.36. The van der Waals surface area contributed by atoms with Gasteiger partial charge in [-0.05, 0) is 72.5 Å². The van der Waals surface area contributed by atoms with Crippen LogP contribution in [-0.4, -0.2) is 0 Å². The minimum atomic E-state index is 1.13. The van der Waals surface area contributed by atoms with Crippen LogP contribution in [0.3, 0.4) is 0 Å². The smallest absolute Gasteiger partial charge is 0.0540 e. The van der Waals surface area contributed by atoms with Gasteiger partial charge in [0.1, 0.15) is 0 Å². The number of aryl methyl sites for hydroxylation is 2. The van der Waals surface area contributed by atoms with E-state index >= 15 is 0 Å². The van der Waals surface area contributed by atoms with Gasteiger partial charge in [-0.3, -0.25) is 0 Å². The van der Waals surface area contributed by atoms with Crippen molar-refractivity contribution in [3.05, 3.63) is 145 Å². The maximum atomic E-state index is 3.90. The zero-order valence-corrected chi connectivity index (χ0v) is 20.3. The number of rotatable bonds is 6. The Balaban J connectivity index is 1.60. The van der Waals surface area contributed by atoms with Crippen LogP contribution < -0.4 is 4.90 Å². The van der Waals surface area contributed by atoms with E-state index in [1.54, 1.807) is 0 Å². The summed E-state index contributed by atoms with van der Waals surface area (Å²) in [5.41, 5.74) is 11.9. The van der Waals surface area contributed by atoms with E-state index in [2.05, 4.69) is 147 Å². The SMILES string of the molecule is C=Cc1cccc(-c2ccc(-c3ccccc3N(c3ccc(C)cc3)c3ccc(C)cc3)cc2)c1. The minimum absolute atomic E-state index is 1.13. The molecular formula is C34H29N. The number of anilines is 3. The maximum Gasteiger partial charge on any atom is 0.0540 e. The van der Waals surface area contributed by atoms with Gasteiger partial charge in [0, 0.05) is 16.9 Å².